The molecule has 0 saturated heterocycles. The molecule has 0 spiro atoms. The van der Waals surface area contributed by atoms with Crippen LogP contribution in [0.25, 0.3) is 0 Å². The smallest absolute Gasteiger partial charge is 0.345 e. The number of carbonyl (C=O) groups excluding carboxylic acids is 1. The maximum Gasteiger partial charge on any atom is 0.345 e. The molecule has 0 atom stereocenters. The maximum atomic E-state index is 12.0. The lowest BCUT2D eigenvalue weighted by atomic mass is 10.2. The quantitative estimate of drug-likeness (QED) is 0.888. The minimum absolute atomic E-state index is 0.106. The van der Waals surface area contributed by atoms with Crippen molar-refractivity contribution in [1.29, 1.82) is 5.26 Å². The van der Waals surface area contributed by atoms with Gasteiger partial charge in [0.25, 0.3) is 5.91 Å². The summed E-state index contributed by atoms with van der Waals surface area (Å²) in [5.41, 5.74) is 0.985. The standard InChI is InChI=1S/C13H7BrN2O3S/c14-8-5-7(6-15)1-2-9(8)16-12(17)10-3-4-11(20-10)13(18)19/h1-5H,(H,16,17)(H,18,19). The second kappa shape index (κ2) is 5.86. The van der Waals surface area contributed by atoms with Crippen molar-refractivity contribution in [3.8, 4) is 6.07 Å². The van der Waals surface area contributed by atoms with Gasteiger partial charge >= 0.3 is 5.97 Å². The molecule has 0 aliphatic carbocycles. The molecule has 2 aromatic rings. The van der Waals surface area contributed by atoms with E-state index < -0.39 is 11.9 Å². The van der Waals surface area contributed by atoms with Gasteiger partial charge in [0.2, 0.25) is 0 Å². The Labute approximate surface area is 126 Å². The van der Waals surface area contributed by atoms with Crippen LogP contribution in [-0.4, -0.2) is 17.0 Å². The molecule has 0 fully saturated rings. The molecule has 0 aliphatic heterocycles. The van der Waals surface area contributed by atoms with Crippen molar-refractivity contribution < 1.29 is 14.7 Å². The zero-order chi connectivity index (χ0) is 14.7. The third kappa shape index (κ3) is 3.04. The Morgan fingerprint density at radius 1 is 1.25 bits per heavy atom. The van der Waals surface area contributed by atoms with Gasteiger partial charge in [-0.2, -0.15) is 5.26 Å². The van der Waals surface area contributed by atoms with E-state index in [2.05, 4.69) is 21.2 Å². The average Bonchev–Trinajstić information content (AvgIpc) is 2.91. The molecule has 1 heterocycles. The number of thiophene rings is 1. The Balaban J connectivity index is 2.19. The first-order chi connectivity index (χ1) is 9.51. The fraction of sp³-hybridized carbons (Fsp3) is 0. The van der Waals surface area contributed by atoms with Crippen LogP contribution in [0.4, 0.5) is 5.69 Å². The molecule has 2 N–H and O–H groups in total. The van der Waals surface area contributed by atoms with Crippen LogP contribution in [0.3, 0.4) is 0 Å². The Hall–Kier alpha value is -2.17. The molecule has 1 amide bonds. The summed E-state index contributed by atoms with van der Waals surface area (Å²) in [6.45, 7) is 0. The summed E-state index contributed by atoms with van der Waals surface area (Å²) in [6.07, 6.45) is 0. The van der Waals surface area contributed by atoms with E-state index in [4.69, 9.17) is 10.4 Å². The Morgan fingerprint density at radius 3 is 2.50 bits per heavy atom. The van der Waals surface area contributed by atoms with E-state index in [1.54, 1.807) is 18.2 Å². The Bertz CT molecular complexity index is 733. The number of carboxylic acids is 1. The largest absolute Gasteiger partial charge is 0.477 e. The van der Waals surface area contributed by atoms with E-state index in [0.717, 1.165) is 11.3 Å². The summed E-state index contributed by atoms with van der Waals surface area (Å²) in [5, 5.41) is 20.2. The van der Waals surface area contributed by atoms with Crippen molar-refractivity contribution in [2.45, 2.75) is 0 Å². The molecule has 0 unspecified atom stereocenters. The lowest BCUT2D eigenvalue weighted by molar-refractivity contribution is 0.0702. The zero-order valence-electron chi connectivity index (χ0n) is 9.88. The third-order valence-corrected chi connectivity index (χ3v) is 4.12. The molecule has 1 aromatic heterocycles. The first kappa shape index (κ1) is 14.2. The number of nitrogens with zero attached hydrogens (tertiary/aromatic N) is 1. The highest BCUT2D eigenvalue weighted by Crippen LogP contribution is 2.25. The van der Waals surface area contributed by atoms with Crippen molar-refractivity contribution in [2.75, 3.05) is 5.32 Å². The number of carbonyl (C=O) groups is 2. The van der Waals surface area contributed by atoms with Gasteiger partial charge in [-0.3, -0.25) is 4.79 Å². The van der Waals surface area contributed by atoms with E-state index in [9.17, 15) is 9.59 Å². The fourth-order valence-corrected chi connectivity index (χ4v) is 2.66. The summed E-state index contributed by atoms with van der Waals surface area (Å²) in [7, 11) is 0. The van der Waals surface area contributed by atoms with Crippen molar-refractivity contribution >= 4 is 44.8 Å². The molecule has 100 valence electrons. The van der Waals surface area contributed by atoms with E-state index >= 15 is 0 Å². The van der Waals surface area contributed by atoms with E-state index in [1.165, 1.54) is 12.1 Å². The highest BCUT2D eigenvalue weighted by atomic mass is 79.9. The van der Waals surface area contributed by atoms with Gasteiger partial charge in [-0.25, -0.2) is 4.79 Å². The number of nitriles is 1. The number of carboxylic acid groups (broad SMARTS) is 1. The number of hydrogen-bond acceptors (Lipinski definition) is 4. The molecule has 5 nitrogen and oxygen atoms in total. The van der Waals surface area contributed by atoms with Gasteiger partial charge in [0.1, 0.15) is 4.88 Å². The van der Waals surface area contributed by atoms with Crippen LogP contribution in [-0.2, 0) is 0 Å². The summed E-state index contributed by atoms with van der Waals surface area (Å²) < 4.78 is 0.583. The number of rotatable bonds is 3. The normalized spacial score (nSPS) is 9.80. The molecular formula is C13H7BrN2O3S. The van der Waals surface area contributed by atoms with E-state index in [-0.39, 0.29) is 4.88 Å². The highest BCUT2D eigenvalue weighted by Gasteiger charge is 2.14. The summed E-state index contributed by atoms with van der Waals surface area (Å²) in [4.78, 5) is 23.1. The number of benzene rings is 1. The number of anilines is 1. The third-order valence-electron chi connectivity index (χ3n) is 2.39. The topological polar surface area (TPSA) is 90.2 Å². The van der Waals surface area contributed by atoms with Gasteiger partial charge in [-0.05, 0) is 46.3 Å². The number of nitrogens with one attached hydrogen (secondary N) is 1. The predicted molar refractivity (Wildman–Crippen MR) is 78.1 cm³/mol. The minimum Gasteiger partial charge on any atom is -0.477 e. The van der Waals surface area contributed by atoms with Crippen LogP contribution < -0.4 is 5.32 Å². The molecule has 1 aromatic carbocycles. The number of amides is 1. The monoisotopic (exact) mass is 350 g/mol. The Kier molecular flexibility index (Phi) is 4.17. The van der Waals surface area contributed by atoms with E-state index in [1.807, 2.05) is 6.07 Å². The molecular weight excluding hydrogens is 344 g/mol. The fourth-order valence-electron chi connectivity index (χ4n) is 1.44. The predicted octanol–water partition coefficient (Wildman–Crippen LogP) is 3.33. The van der Waals surface area contributed by atoms with Gasteiger partial charge in [0.15, 0.2) is 0 Å². The molecule has 0 aliphatic rings. The van der Waals surface area contributed by atoms with Crippen molar-refractivity contribution in [1.82, 2.24) is 0 Å². The van der Waals surface area contributed by atoms with Crippen LogP contribution in [0, 0.1) is 11.3 Å². The highest BCUT2D eigenvalue weighted by molar-refractivity contribution is 9.10. The first-order valence-electron chi connectivity index (χ1n) is 5.35. The van der Waals surface area contributed by atoms with Crippen molar-refractivity contribution in [2.24, 2.45) is 0 Å². The number of hydrogen-bond donors (Lipinski definition) is 2. The SMILES string of the molecule is N#Cc1ccc(NC(=O)c2ccc(C(=O)O)s2)c(Br)c1. The van der Waals surface area contributed by atoms with E-state index in [0.29, 0.717) is 20.6 Å². The molecule has 0 saturated carbocycles. The molecule has 7 heteroatoms. The first-order valence-corrected chi connectivity index (χ1v) is 6.96. The molecule has 2 rings (SSSR count). The van der Waals surface area contributed by atoms with Crippen molar-refractivity contribution in [3.63, 3.8) is 0 Å². The second-order valence-corrected chi connectivity index (χ2v) is 5.67. The molecule has 20 heavy (non-hydrogen) atoms. The second-order valence-electron chi connectivity index (χ2n) is 3.73. The molecule has 0 bridgehead atoms. The van der Waals surface area contributed by atoms with Gasteiger partial charge in [-0.1, -0.05) is 0 Å². The molecule has 0 radical (unpaired) electrons. The Morgan fingerprint density at radius 2 is 1.95 bits per heavy atom. The van der Waals surface area contributed by atoms with Crippen LogP contribution in [0.5, 0.6) is 0 Å². The number of halogens is 1. The minimum atomic E-state index is -1.06. The lowest BCUT2D eigenvalue weighted by Crippen LogP contribution is -2.10. The summed E-state index contributed by atoms with van der Waals surface area (Å²) in [6, 6.07) is 9.61. The van der Waals surface area contributed by atoms with Crippen LogP contribution >= 0.6 is 27.3 Å². The van der Waals surface area contributed by atoms with Gasteiger partial charge in [0.05, 0.1) is 22.2 Å². The number of aromatic carboxylic acids is 1. The summed E-state index contributed by atoms with van der Waals surface area (Å²) in [5.74, 6) is -1.46. The van der Waals surface area contributed by atoms with Gasteiger partial charge in [-0.15, -0.1) is 11.3 Å². The van der Waals surface area contributed by atoms with Crippen molar-refractivity contribution in [3.05, 3.63) is 50.1 Å². The zero-order valence-corrected chi connectivity index (χ0v) is 12.3. The van der Waals surface area contributed by atoms with Crippen LogP contribution in [0.15, 0.2) is 34.8 Å². The maximum absolute atomic E-state index is 12.0. The summed E-state index contributed by atoms with van der Waals surface area (Å²) >= 11 is 4.16. The van der Waals surface area contributed by atoms with Gasteiger partial charge < -0.3 is 10.4 Å². The van der Waals surface area contributed by atoms with Crippen LogP contribution in [0.2, 0.25) is 0 Å². The average molecular weight is 351 g/mol. The lowest BCUT2D eigenvalue weighted by Gasteiger charge is -2.06. The van der Waals surface area contributed by atoms with Gasteiger partial charge in [0, 0.05) is 4.47 Å². The van der Waals surface area contributed by atoms with Crippen LogP contribution in [0.1, 0.15) is 24.9 Å².